The van der Waals surface area contributed by atoms with E-state index in [1.165, 1.54) is 0 Å². The quantitative estimate of drug-likeness (QED) is 0.634. The Morgan fingerprint density at radius 2 is 1.43 bits per heavy atom. The highest BCUT2D eigenvalue weighted by Crippen LogP contribution is 2.23. The van der Waals surface area contributed by atoms with Crippen LogP contribution >= 0.6 is 0 Å². The number of rotatable bonds is 7. The summed E-state index contributed by atoms with van der Waals surface area (Å²) in [6.07, 6.45) is 2.32. The number of ether oxygens (including phenoxy) is 1. The normalized spacial score (nSPS) is 13.4. The lowest BCUT2D eigenvalue weighted by Crippen LogP contribution is -2.21. The van der Waals surface area contributed by atoms with Crippen LogP contribution in [0.25, 0.3) is 0 Å². The monoisotopic (exact) mass is 376 g/mol. The van der Waals surface area contributed by atoms with Crippen molar-refractivity contribution in [1.29, 1.82) is 0 Å². The molecule has 1 aliphatic rings. The first kappa shape index (κ1) is 18.0. The second-order valence-corrected chi connectivity index (χ2v) is 6.55. The van der Waals surface area contributed by atoms with E-state index in [2.05, 4.69) is 30.5 Å². The van der Waals surface area contributed by atoms with Crippen LogP contribution in [0.4, 0.5) is 29.2 Å². The van der Waals surface area contributed by atoms with E-state index in [4.69, 9.17) is 4.74 Å². The number of hydrogen-bond acceptors (Lipinski definition) is 7. The number of hydrogen-bond donors (Lipinski definition) is 2. The van der Waals surface area contributed by atoms with Crippen molar-refractivity contribution in [2.45, 2.75) is 19.8 Å². The molecule has 2 N–H and O–H groups in total. The Kier molecular flexibility index (Phi) is 5.51. The van der Waals surface area contributed by atoms with Gasteiger partial charge in [0.25, 0.3) is 0 Å². The molecule has 4 rings (SSSR count). The summed E-state index contributed by atoms with van der Waals surface area (Å²) in [7, 11) is 0. The second-order valence-electron chi connectivity index (χ2n) is 6.55. The van der Waals surface area contributed by atoms with Gasteiger partial charge in [0.15, 0.2) is 0 Å². The summed E-state index contributed by atoms with van der Waals surface area (Å²) in [5.41, 5.74) is 1.83. The Labute approximate surface area is 164 Å². The summed E-state index contributed by atoms with van der Waals surface area (Å²) in [6, 6.07) is 17.7. The van der Waals surface area contributed by atoms with Gasteiger partial charge in [-0.2, -0.15) is 15.0 Å². The Morgan fingerprint density at radius 3 is 2.04 bits per heavy atom. The predicted octanol–water partition coefficient (Wildman–Crippen LogP) is 4.36. The molecule has 1 saturated heterocycles. The minimum Gasteiger partial charge on any atom is -0.494 e. The molecule has 1 aromatic heterocycles. The van der Waals surface area contributed by atoms with Gasteiger partial charge < -0.3 is 20.3 Å². The molecule has 0 radical (unpaired) electrons. The molecule has 7 nitrogen and oxygen atoms in total. The zero-order chi connectivity index (χ0) is 19.2. The van der Waals surface area contributed by atoms with Crippen molar-refractivity contribution in [2.75, 3.05) is 35.2 Å². The minimum atomic E-state index is 0.513. The zero-order valence-corrected chi connectivity index (χ0v) is 15.9. The summed E-state index contributed by atoms with van der Waals surface area (Å²) in [5, 5.41) is 6.55. The number of nitrogens with one attached hydrogen (secondary N) is 2. The lowest BCUT2D eigenvalue weighted by atomic mass is 10.3. The summed E-state index contributed by atoms with van der Waals surface area (Å²) in [6.45, 7) is 4.56. The van der Waals surface area contributed by atoms with Gasteiger partial charge in [-0.25, -0.2) is 0 Å². The molecule has 0 amide bonds. The van der Waals surface area contributed by atoms with Crippen LogP contribution in [0.5, 0.6) is 5.75 Å². The number of benzene rings is 2. The molecular formula is C21H24N6O. The van der Waals surface area contributed by atoms with Crippen molar-refractivity contribution in [3.63, 3.8) is 0 Å². The SMILES string of the molecule is CCOc1ccc(Nc2nc(Nc3ccccc3)nc(N3CCCC3)n2)cc1. The van der Waals surface area contributed by atoms with Crippen LogP contribution in [0.1, 0.15) is 19.8 Å². The topological polar surface area (TPSA) is 75.2 Å². The molecule has 0 spiro atoms. The molecule has 2 heterocycles. The van der Waals surface area contributed by atoms with E-state index in [1.807, 2.05) is 61.5 Å². The Balaban J connectivity index is 1.59. The molecule has 0 unspecified atom stereocenters. The van der Waals surface area contributed by atoms with Crippen molar-refractivity contribution in [1.82, 2.24) is 15.0 Å². The van der Waals surface area contributed by atoms with Gasteiger partial charge in [-0.1, -0.05) is 18.2 Å². The molecule has 0 aliphatic carbocycles. The van der Waals surface area contributed by atoms with Crippen LogP contribution in [-0.2, 0) is 0 Å². The first-order valence-corrected chi connectivity index (χ1v) is 9.63. The highest BCUT2D eigenvalue weighted by molar-refractivity contribution is 5.60. The molecule has 2 aromatic carbocycles. The molecule has 1 aliphatic heterocycles. The Morgan fingerprint density at radius 1 is 0.821 bits per heavy atom. The largest absolute Gasteiger partial charge is 0.494 e. The van der Waals surface area contributed by atoms with Gasteiger partial charge in [0.1, 0.15) is 5.75 Å². The minimum absolute atomic E-state index is 0.513. The summed E-state index contributed by atoms with van der Waals surface area (Å²) < 4.78 is 5.50. The van der Waals surface area contributed by atoms with E-state index in [0.29, 0.717) is 24.5 Å². The fourth-order valence-corrected chi connectivity index (χ4v) is 3.12. The second kappa shape index (κ2) is 8.56. The van der Waals surface area contributed by atoms with Crippen molar-refractivity contribution < 1.29 is 4.74 Å². The number of aromatic nitrogens is 3. The lowest BCUT2D eigenvalue weighted by Gasteiger charge is -2.17. The summed E-state index contributed by atoms with van der Waals surface area (Å²) >= 11 is 0. The van der Waals surface area contributed by atoms with Crippen LogP contribution in [0.15, 0.2) is 54.6 Å². The third-order valence-corrected chi connectivity index (χ3v) is 4.46. The zero-order valence-electron chi connectivity index (χ0n) is 15.9. The Hall–Kier alpha value is -3.35. The highest BCUT2D eigenvalue weighted by atomic mass is 16.5. The molecule has 3 aromatic rings. The van der Waals surface area contributed by atoms with Gasteiger partial charge in [0, 0.05) is 24.5 Å². The van der Waals surface area contributed by atoms with Crippen molar-refractivity contribution in [3.05, 3.63) is 54.6 Å². The number of para-hydroxylation sites is 1. The molecule has 1 fully saturated rings. The van der Waals surface area contributed by atoms with Crippen molar-refractivity contribution in [3.8, 4) is 5.75 Å². The van der Waals surface area contributed by atoms with E-state index in [-0.39, 0.29) is 0 Å². The maximum atomic E-state index is 5.50. The number of nitrogens with zero attached hydrogens (tertiary/aromatic N) is 4. The maximum Gasteiger partial charge on any atom is 0.233 e. The van der Waals surface area contributed by atoms with Crippen molar-refractivity contribution >= 4 is 29.2 Å². The van der Waals surface area contributed by atoms with Crippen molar-refractivity contribution in [2.24, 2.45) is 0 Å². The average molecular weight is 376 g/mol. The van der Waals surface area contributed by atoms with E-state index in [0.717, 1.165) is 43.1 Å². The first-order chi connectivity index (χ1) is 13.8. The van der Waals surface area contributed by atoms with E-state index >= 15 is 0 Å². The number of anilines is 5. The van der Waals surface area contributed by atoms with Crippen LogP contribution < -0.4 is 20.3 Å². The van der Waals surface area contributed by atoms with Crippen LogP contribution in [-0.4, -0.2) is 34.6 Å². The maximum absolute atomic E-state index is 5.50. The third-order valence-electron chi connectivity index (χ3n) is 4.46. The molecule has 7 heteroatoms. The molecule has 0 atom stereocenters. The van der Waals surface area contributed by atoms with Gasteiger partial charge in [0.2, 0.25) is 17.8 Å². The Bertz CT molecular complexity index is 895. The van der Waals surface area contributed by atoms with Gasteiger partial charge in [-0.05, 0) is 56.2 Å². The molecular weight excluding hydrogens is 352 g/mol. The van der Waals surface area contributed by atoms with E-state index < -0.39 is 0 Å². The van der Waals surface area contributed by atoms with Gasteiger partial charge in [-0.3, -0.25) is 0 Å². The van der Waals surface area contributed by atoms with E-state index in [1.54, 1.807) is 0 Å². The van der Waals surface area contributed by atoms with Gasteiger partial charge in [0.05, 0.1) is 6.61 Å². The fourth-order valence-electron chi connectivity index (χ4n) is 3.12. The van der Waals surface area contributed by atoms with E-state index in [9.17, 15) is 0 Å². The highest BCUT2D eigenvalue weighted by Gasteiger charge is 2.17. The standard InChI is InChI=1S/C21H24N6O/c1-2-28-18-12-10-17(11-13-18)23-20-24-19(22-16-8-4-3-5-9-16)25-21(26-20)27-14-6-7-15-27/h3-5,8-13H,2,6-7,14-15H2,1H3,(H2,22,23,24,25,26). The lowest BCUT2D eigenvalue weighted by molar-refractivity contribution is 0.340. The van der Waals surface area contributed by atoms with Crippen LogP contribution in [0, 0.1) is 0 Å². The first-order valence-electron chi connectivity index (χ1n) is 9.63. The molecule has 0 bridgehead atoms. The van der Waals surface area contributed by atoms with Gasteiger partial charge in [-0.15, -0.1) is 0 Å². The smallest absolute Gasteiger partial charge is 0.233 e. The third kappa shape index (κ3) is 4.49. The summed E-state index contributed by atoms with van der Waals surface area (Å²) in [4.78, 5) is 16.0. The average Bonchev–Trinajstić information content (AvgIpc) is 3.25. The molecule has 144 valence electrons. The fraction of sp³-hybridized carbons (Fsp3) is 0.286. The van der Waals surface area contributed by atoms with Gasteiger partial charge >= 0.3 is 0 Å². The molecule has 28 heavy (non-hydrogen) atoms. The van der Waals surface area contributed by atoms with Crippen LogP contribution in [0.3, 0.4) is 0 Å². The molecule has 0 saturated carbocycles. The predicted molar refractivity (Wildman–Crippen MR) is 112 cm³/mol. The van der Waals surface area contributed by atoms with Crippen LogP contribution in [0.2, 0.25) is 0 Å². The summed E-state index contributed by atoms with van der Waals surface area (Å²) in [5.74, 6) is 2.57.